The lowest BCUT2D eigenvalue weighted by molar-refractivity contribution is -0.151. The Morgan fingerprint density at radius 2 is 1.72 bits per heavy atom. The van der Waals surface area contributed by atoms with E-state index in [9.17, 15) is 13.2 Å². The van der Waals surface area contributed by atoms with E-state index in [1.165, 1.54) is 5.06 Å². The van der Waals surface area contributed by atoms with E-state index in [4.69, 9.17) is 9.02 Å². The number of nitrogens with zero attached hydrogens (tertiary/aromatic N) is 1. The molecule has 1 aliphatic heterocycles. The number of hydrogen-bond donors (Lipinski definition) is 0. The molecule has 1 aliphatic rings. The lowest BCUT2D eigenvalue weighted by atomic mass is 10.2. The standard InChI is InChI=1S/C11H21NO5S/c1-11(2,3)16-10(13)9-18(14,15)17-12-7-5-4-6-8-12/h4-9H2,1-3H3. The maximum Gasteiger partial charge on any atom is 0.324 e. The quantitative estimate of drug-likeness (QED) is 0.717. The molecule has 18 heavy (non-hydrogen) atoms. The number of carbonyl (C=O) groups excluding carboxylic acids is 1. The largest absolute Gasteiger partial charge is 0.459 e. The zero-order chi connectivity index (χ0) is 13.8. The van der Waals surface area contributed by atoms with Crippen molar-refractivity contribution in [3.63, 3.8) is 0 Å². The molecular formula is C11H21NO5S. The van der Waals surface area contributed by atoms with Gasteiger partial charge < -0.3 is 4.74 Å². The average Bonchev–Trinajstić information content (AvgIpc) is 2.13. The molecule has 0 saturated carbocycles. The van der Waals surface area contributed by atoms with Crippen molar-refractivity contribution in [1.29, 1.82) is 0 Å². The second kappa shape index (κ2) is 5.99. The van der Waals surface area contributed by atoms with Crippen LogP contribution in [0.4, 0.5) is 0 Å². The molecule has 0 aromatic heterocycles. The van der Waals surface area contributed by atoms with Gasteiger partial charge in [-0.1, -0.05) is 6.42 Å². The molecule has 0 unspecified atom stereocenters. The molecule has 1 fully saturated rings. The van der Waals surface area contributed by atoms with Gasteiger partial charge in [-0.05, 0) is 33.6 Å². The van der Waals surface area contributed by atoms with Crippen molar-refractivity contribution in [2.24, 2.45) is 0 Å². The van der Waals surface area contributed by atoms with E-state index in [-0.39, 0.29) is 0 Å². The van der Waals surface area contributed by atoms with E-state index < -0.39 is 27.4 Å². The zero-order valence-corrected chi connectivity index (χ0v) is 12.0. The van der Waals surface area contributed by atoms with E-state index in [0.29, 0.717) is 13.1 Å². The van der Waals surface area contributed by atoms with Crippen molar-refractivity contribution in [2.45, 2.75) is 45.6 Å². The van der Waals surface area contributed by atoms with Crippen LogP contribution < -0.4 is 0 Å². The summed E-state index contributed by atoms with van der Waals surface area (Å²) >= 11 is 0. The van der Waals surface area contributed by atoms with Gasteiger partial charge in [0.25, 0.3) is 10.1 Å². The third-order valence-corrected chi connectivity index (χ3v) is 3.28. The third kappa shape index (κ3) is 6.32. The maximum atomic E-state index is 11.6. The van der Waals surface area contributed by atoms with Gasteiger partial charge in [0.2, 0.25) is 0 Å². The van der Waals surface area contributed by atoms with E-state index in [1.54, 1.807) is 20.8 Å². The summed E-state index contributed by atoms with van der Waals surface area (Å²) in [5.41, 5.74) is -0.697. The highest BCUT2D eigenvalue weighted by Gasteiger charge is 2.26. The van der Waals surface area contributed by atoms with Crippen LogP contribution in [0.1, 0.15) is 40.0 Å². The van der Waals surface area contributed by atoms with Crippen molar-refractivity contribution >= 4 is 16.1 Å². The van der Waals surface area contributed by atoms with Gasteiger partial charge in [-0.2, -0.15) is 17.8 Å². The first kappa shape index (κ1) is 15.4. The minimum absolute atomic E-state index is 0.577. The summed E-state index contributed by atoms with van der Waals surface area (Å²) in [6.45, 7) is 6.20. The number of hydroxylamine groups is 2. The van der Waals surface area contributed by atoms with Gasteiger partial charge in [-0.25, -0.2) is 0 Å². The van der Waals surface area contributed by atoms with Crippen molar-refractivity contribution in [3.8, 4) is 0 Å². The monoisotopic (exact) mass is 279 g/mol. The molecule has 1 heterocycles. The Morgan fingerprint density at radius 3 is 2.22 bits per heavy atom. The molecule has 106 valence electrons. The summed E-state index contributed by atoms with van der Waals surface area (Å²) in [4.78, 5) is 11.4. The zero-order valence-electron chi connectivity index (χ0n) is 11.1. The average molecular weight is 279 g/mol. The van der Waals surface area contributed by atoms with Crippen molar-refractivity contribution in [3.05, 3.63) is 0 Å². The van der Waals surface area contributed by atoms with Gasteiger partial charge >= 0.3 is 5.97 Å². The first-order valence-corrected chi connectivity index (χ1v) is 7.65. The molecule has 0 N–H and O–H groups in total. The van der Waals surface area contributed by atoms with Crippen LogP contribution in [0.5, 0.6) is 0 Å². The van der Waals surface area contributed by atoms with E-state index in [2.05, 4.69) is 0 Å². The minimum Gasteiger partial charge on any atom is -0.459 e. The highest BCUT2D eigenvalue weighted by atomic mass is 32.2. The number of ether oxygens (including phenoxy) is 1. The highest BCUT2D eigenvalue weighted by Crippen LogP contribution is 2.13. The number of esters is 1. The molecule has 0 aromatic rings. The van der Waals surface area contributed by atoms with Crippen LogP contribution in [0, 0.1) is 0 Å². The second-order valence-corrected chi connectivity index (χ2v) is 6.91. The first-order chi connectivity index (χ1) is 8.18. The topological polar surface area (TPSA) is 72.9 Å². The molecule has 0 atom stereocenters. The van der Waals surface area contributed by atoms with Crippen LogP contribution in [0.25, 0.3) is 0 Å². The van der Waals surface area contributed by atoms with Crippen molar-refractivity contribution < 1.29 is 22.2 Å². The lowest BCUT2D eigenvalue weighted by Gasteiger charge is -2.25. The van der Waals surface area contributed by atoms with Crippen LogP contribution in [0.3, 0.4) is 0 Å². The van der Waals surface area contributed by atoms with Gasteiger partial charge in [0.05, 0.1) is 0 Å². The Labute approximate surface area is 108 Å². The van der Waals surface area contributed by atoms with Gasteiger partial charge in [0.1, 0.15) is 5.60 Å². The summed E-state index contributed by atoms with van der Waals surface area (Å²) in [6, 6.07) is 0. The van der Waals surface area contributed by atoms with Gasteiger partial charge in [-0.3, -0.25) is 4.79 Å². The summed E-state index contributed by atoms with van der Waals surface area (Å²) in [5, 5.41) is 1.39. The predicted molar refractivity (Wildman–Crippen MR) is 66.1 cm³/mol. The third-order valence-electron chi connectivity index (χ3n) is 2.25. The summed E-state index contributed by atoms with van der Waals surface area (Å²) < 4.78 is 33.1. The molecular weight excluding hydrogens is 258 g/mol. The molecule has 0 spiro atoms. The van der Waals surface area contributed by atoms with Crippen LogP contribution in [0.2, 0.25) is 0 Å². The predicted octanol–water partition coefficient (Wildman–Crippen LogP) is 1.08. The molecule has 0 aliphatic carbocycles. The van der Waals surface area contributed by atoms with Crippen LogP contribution in [-0.2, 0) is 23.9 Å². The Kier molecular flexibility index (Phi) is 5.12. The summed E-state index contributed by atoms with van der Waals surface area (Å²) in [6.07, 6.45) is 2.88. The van der Waals surface area contributed by atoms with E-state index >= 15 is 0 Å². The van der Waals surface area contributed by atoms with Crippen molar-refractivity contribution in [2.75, 3.05) is 18.8 Å². The molecule has 0 amide bonds. The number of piperidine rings is 1. The number of rotatable bonds is 4. The molecule has 1 rings (SSSR count). The normalized spacial score (nSPS) is 18.6. The van der Waals surface area contributed by atoms with Crippen LogP contribution in [-0.4, -0.2) is 43.9 Å². The minimum atomic E-state index is -3.90. The fourth-order valence-electron chi connectivity index (χ4n) is 1.64. The van der Waals surface area contributed by atoms with Gasteiger partial charge in [0.15, 0.2) is 5.75 Å². The van der Waals surface area contributed by atoms with Gasteiger partial charge in [-0.15, -0.1) is 0 Å². The first-order valence-electron chi connectivity index (χ1n) is 6.07. The Morgan fingerprint density at radius 1 is 1.17 bits per heavy atom. The summed E-state index contributed by atoms with van der Waals surface area (Å²) in [7, 11) is -3.90. The van der Waals surface area contributed by atoms with Crippen LogP contribution in [0.15, 0.2) is 0 Å². The molecule has 0 bridgehead atoms. The fourth-order valence-corrected chi connectivity index (χ4v) is 2.51. The molecule has 0 radical (unpaired) electrons. The molecule has 6 nitrogen and oxygen atoms in total. The Balaban J connectivity index is 2.46. The lowest BCUT2D eigenvalue weighted by Crippen LogP contribution is -2.36. The second-order valence-electron chi connectivity index (χ2n) is 5.35. The number of hydrogen-bond acceptors (Lipinski definition) is 6. The highest BCUT2D eigenvalue weighted by molar-refractivity contribution is 7.87. The van der Waals surface area contributed by atoms with Crippen molar-refractivity contribution in [1.82, 2.24) is 5.06 Å². The smallest absolute Gasteiger partial charge is 0.324 e. The molecule has 7 heteroatoms. The SMILES string of the molecule is CC(C)(C)OC(=O)CS(=O)(=O)ON1CCCCC1. The molecule has 0 aromatic carbocycles. The fraction of sp³-hybridized carbons (Fsp3) is 0.909. The number of carbonyl (C=O) groups is 1. The Bertz CT molecular complexity index is 379. The Hall–Kier alpha value is -0.660. The molecule has 1 saturated heterocycles. The van der Waals surface area contributed by atoms with Crippen LogP contribution >= 0.6 is 0 Å². The van der Waals surface area contributed by atoms with E-state index in [1.807, 2.05) is 0 Å². The summed E-state index contributed by atoms with van der Waals surface area (Å²) in [5.74, 6) is -1.54. The van der Waals surface area contributed by atoms with Gasteiger partial charge in [0, 0.05) is 13.1 Å². The van der Waals surface area contributed by atoms with E-state index in [0.717, 1.165) is 19.3 Å². The maximum absolute atomic E-state index is 11.6.